The molecule has 0 radical (unpaired) electrons. The number of benzene rings is 1. The van der Waals surface area contributed by atoms with Gasteiger partial charge in [0.05, 0.1) is 5.69 Å². The summed E-state index contributed by atoms with van der Waals surface area (Å²) in [6.45, 7) is 4.96. The van der Waals surface area contributed by atoms with E-state index >= 15 is 0 Å². The van der Waals surface area contributed by atoms with Crippen LogP contribution < -0.4 is 5.32 Å². The normalized spacial score (nSPS) is 12.2. The van der Waals surface area contributed by atoms with Crippen LogP contribution in [0.5, 0.6) is 0 Å². The van der Waals surface area contributed by atoms with E-state index in [2.05, 4.69) is 10.4 Å². The van der Waals surface area contributed by atoms with Crippen molar-refractivity contribution in [3.05, 3.63) is 52.9 Å². The standard InChI is InChI=1S/C18H19F2N3O3/c1-10-13(11(2)23(4)22-10)8-9-16(24)26-12(3)18(25)21-17-14(19)6-5-7-15(17)20/h5-9,12H,1-4H3,(H,21,25)/b9-8+/t12-/m0/s1. The van der Waals surface area contributed by atoms with Gasteiger partial charge in [-0.2, -0.15) is 5.10 Å². The van der Waals surface area contributed by atoms with Crippen molar-refractivity contribution in [2.24, 2.45) is 7.05 Å². The van der Waals surface area contributed by atoms with Gasteiger partial charge in [-0.05, 0) is 39.0 Å². The van der Waals surface area contributed by atoms with Crippen molar-refractivity contribution in [1.29, 1.82) is 0 Å². The molecule has 1 heterocycles. The Bertz CT molecular complexity index is 855. The molecule has 0 fully saturated rings. The Morgan fingerprint density at radius 2 is 1.88 bits per heavy atom. The summed E-state index contributed by atoms with van der Waals surface area (Å²) in [6.07, 6.45) is 1.48. The van der Waals surface area contributed by atoms with Crippen LogP contribution >= 0.6 is 0 Å². The maximum Gasteiger partial charge on any atom is 0.331 e. The fourth-order valence-electron chi connectivity index (χ4n) is 2.29. The molecular weight excluding hydrogens is 344 g/mol. The lowest BCUT2D eigenvalue weighted by molar-refractivity contribution is -0.148. The molecule has 1 amide bonds. The number of hydrogen-bond acceptors (Lipinski definition) is 4. The van der Waals surface area contributed by atoms with Crippen LogP contribution in [0.4, 0.5) is 14.5 Å². The summed E-state index contributed by atoms with van der Waals surface area (Å²) in [5.74, 6) is -3.44. The summed E-state index contributed by atoms with van der Waals surface area (Å²) < 4.78 is 33.7. The second-order valence-corrected chi connectivity index (χ2v) is 5.71. The first kappa shape index (κ1) is 19.3. The van der Waals surface area contributed by atoms with E-state index in [1.807, 2.05) is 6.92 Å². The quantitative estimate of drug-likeness (QED) is 0.655. The Hall–Kier alpha value is -3.03. The number of hydrogen-bond donors (Lipinski definition) is 1. The number of aromatic nitrogens is 2. The zero-order valence-corrected chi connectivity index (χ0v) is 14.8. The second kappa shape index (κ2) is 7.90. The van der Waals surface area contributed by atoms with Gasteiger partial charge >= 0.3 is 5.97 Å². The van der Waals surface area contributed by atoms with Crippen LogP contribution in [0.1, 0.15) is 23.9 Å². The lowest BCUT2D eigenvalue weighted by Crippen LogP contribution is -2.30. The SMILES string of the molecule is Cc1nn(C)c(C)c1/C=C/C(=O)O[C@@H](C)C(=O)Nc1c(F)cccc1F. The predicted octanol–water partition coefficient (Wildman–Crippen LogP) is 2.90. The third kappa shape index (κ3) is 4.33. The number of aryl methyl sites for hydroxylation is 2. The maximum absolute atomic E-state index is 13.5. The Kier molecular flexibility index (Phi) is 5.86. The molecule has 0 aliphatic heterocycles. The van der Waals surface area contributed by atoms with E-state index in [0.717, 1.165) is 29.1 Å². The lowest BCUT2D eigenvalue weighted by atomic mass is 10.2. The highest BCUT2D eigenvalue weighted by molar-refractivity contribution is 5.96. The first-order chi connectivity index (χ1) is 12.2. The van der Waals surface area contributed by atoms with E-state index in [-0.39, 0.29) is 0 Å². The monoisotopic (exact) mass is 363 g/mol. The second-order valence-electron chi connectivity index (χ2n) is 5.71. The molecule has 1 aromatic heterocycles. The zero-order chi connectivity index (χ0) is 19.4. The molecule has 0 bridgehead atoms. The van der Waals surface area contributed by atoms with Gasteiger partial charge in [0.15, 0.2) is 6.10 Å². The molecule has 26 heavy (non-hydrogen) atoms. The molecule has 8 heteroatoms. The fourth-order valence-corrected chi connectivity index (χ4v) is 2.29. The topological polar surface area (TPSA) is 73.2 Å². The summed E-state index contributed by atoms with van der Waals surface area (Å²) in [5, 5.41) is 6.29. The summed E-state index contributed by atoms with van der Waals surface area (Å²) in [7, 11) is 1.78. The maximum atomic E-state index is 13.5. The molecule has 1 atom stereocenters. The van der Waals surface area contributed by atoms with Gasteiger partial charge in [0, 0.05) is 24.4 Å². The van der Waals surface area contributed by atoms with Crippen molar-refractivity contribution < 1.29 is 23.1 Å². The van der Waals surface area contributed by atoms with Crippen LogP contribution in [-0.2, 0) is 21.4 Å². The van der Waals surface area contributed by atoms with Gasteiger partial charge in [-0.25, -0.2) is 13.6 Å². The summed E-state index contributed by atoms with van der Waals surface area (Å²) in [6, 6.07) is 3.20. The van der Waals surface area contributed by atoms with Gasteiger partial charge < -0.3 is 10.1 Å². The molecule has 0 unspecified atom stereocenters. The van der Waals surface area contributed by atoms with E-state index in [4.69, 9.17) is 4.74 Å². The van der Waals surface area contributed by atoms with Gasteiger partial charge in [-0.1, -0.05) is 6.07 Å². The fraction of sp³-hybridized carbons (Fsp3) is 0.278. The highest BCUT2D eigenvalue weighted by Gasteiger charge is 2.20. The molecule has 1 aromatic carbocycles. The molecule has 0 saturated carbocycles. The molecular formula is C18H19F2N3O3. The smallest absolute Gasteiger partial charge is 0.331 e. The number of ether oxygens (including phenoxy) is 1. The van der Waals surface area contributed by atoms with Crippen molar-refractivity contribution in [3.8, 4) is 0 Å². The van der Waals surface area contributed by atoms with E-state index < -0.39 is 35.3 Å². The minimum Gasteiger partial charge on any atom is -0.449 e. The highest BCUT2D eigenvalue weighted by atomic mass is 19.1. The first-order valence-electron chi connectivity index (χ1n) is 7.84. The number of nitrogens with zero attached hydrogens (tertiary/aromatic N) is 2. The van der Waals surface area contributed by atoms with E-state index in [1.54, 1.807) is 24.7 Å². The van der Waals surface area contributed by atoms with Crippen LogP contribution in [0.3, 0.4) is 0 Å². The Balaban J connectivity index is 2.00. The Morgan fingerprint density at radius 3 is 2.42 bits per heavy atom. The number of rotatable bonds is 5. The molecule has 2 rings (SSSR count). The van der Waals surface area contributed by atoms with Gasteiger partial charge in [0.1, 0.15) is 17.3 Å². The van der Waals surface area contributed by atoms with Gasteiger partial charge in [0.25, 0.3) is 5.91 Å². The largest absolute Gasteiger partial charge is 0.449 e. The minimum atomic E-state index is -1.23. The number of nitrogens with one attached hydrogen (secondary N) is 1. The molecule has 0 aliphatic rings. The minimum absolute atomic E-state index is 0.586. The number of carbonyl (C=O) groups is 2. The molecule has 2 aromatic rings. The van der Waals surface area contributed by atoms with Crippen molar-refractivity contribution in [2.75, 3.05) is 5.32 Å². The molecule has 1 N–H and O–H groups in total. The van der Waals surface area contributed by atoms with Crippen molar-refractivity contribution in [1.82, 2.24) is 9.78 Å². The lowest BCUT2D eigenvalue weighted by Gasteiger charge is -2.13. The third-order valence-corrected chi connectivity index (χ3v) is 3.82. The van der Waals surface area contributed by atoms with Crippen LogP contribution in [0.25, 0.3) is 6.08 Å². The van der Waals surface area contributed by atoms with Crippen molar-refractivity contribution >= 4 is 23.6 Å². The third-order valence-electron chi connectivity index (χ3n) is 3.82. The number of para-hydroxylation sites is 1. The number of halogens is 2. The Labute approximate surface area is 149 Å². The van der Waals surface area contributed by atoms with Gasteiger partial charge in [-0.15, -0.1) is 0 Å². The van der Waals surface area contributed by atoms with E-state index in [1.165, 1.54) is 19.1 Å². The molecule has 138 valence electrons. The van der Waals surface area contributed by atoms with Crippen LogP contribution in [0.2, 0.25) is 0 Å². The first-order valence-corrected chi connectivity index (χ1v) is 7.84. The summed E-state index contributed by atoms with van der Waals surface area (Å²) in [4.78, 5) is 23.9. The van der Waals surface area contributed by atoms with Gasteiger partial charge in [0.2, 0.25) is 0 Å². The zero-order valence-electron chi connectivity index (χ0n) is 14.8. The summed E-state index contributed by atoms with van der Waals surface area (Å²) in [5.41, 5.74) is 1.80. The molecule has 0 spiro atoms. The number of carbonyl (C=O) groups excluding carboxylic acids is 2. The Morgan fingerprint density at radius 1 is 1.27 bits per heavy atom. The van der Waals surface area contributed by atoms with Crippen LogP contribution in [0, 0.1) is 25.5 Å². The number of esters is 1. The van der Waals surface area contributed by atoms with Gasteiger partial charge in [-0.3, -0.25) is 9.48 Å². The predicted molar refractivity (Wildman–Crippen MR) is 92.3 cm³/mol. The van der Waals surface area contributed by atoms with Crippen LogP contribution in [-0.4, -0.2) is 27.8 Å². The average molecular weight is 363 g/mol. The van der Waals surface area contributed by atoms with Crippen LogP contribution in [0.15, 0.2) is 24.3 Å². The summed E-state index contributed by atoms with van der Waals surface area (Å²) >= 11 is 0. The number of anilines is 1. The average Bonchev–Trinajstić information content (AvgIpc) is 2.81. The molecule has 6 nitrogen and oxygen atoms in total. The van der Waals surface area contributed by atoms with E-state index in [9.17, 15) is 18.4 Å². The highest BCUT2D eigenvalue weighted by Crippen LogP contribution is 2.18. The van der Waals surface area contributed by atoms with Crippen molar-refractivity contribution in [2.45, 2.75) is 26.9 Å². The van der Waals surface area contributed by atoms with Crippen molar-refractivity contribution in [3.63, 3.8) is 0 Å². The number of amides is 1. The van der Waals surface area contributed by atoms with E-state index in [0.29, 0.717) is 0 Å². The molecule has 0 saturated heterocycles. The molecule has 0 aliphatic carbocycles.